The minimum Gasteiger partial charge on any atom is -0.462 e. The van der Waals surface area contributed by atoms with E-state index in [2.05, 4.69) is 54.8 Å². The fraction of sp³-hybridized carbons (Fsp3) is 0.767. The molecule has 0 fully saturated rings. The molecule has 0 rings (SSSR count). The highest BCUT2D eigenvalue weighted by Crippen LogP contribution is 2.43. The van der Waals surface area contributed by atoms with Gasteiger partial charge < -0.3 is 29.7 Å². The second kappa shape index (κ2) is 37.5. The number of allylic oxidation sites excluding steroid dienone is 8. The van der Waals surface area contributed by atoms with Gasteiger partial charge in [-0.05, 0) is 63.7 Å². The van der Waals surface area contributed by atoms with Crippen molar-refractivity contribution in [2.45, 2.75) is 180 Å². The van der Waals surface area contributed by atoms with Crippen molar-refractivity contribution >= 4 is 19.8 Å². The molecule has 0 aliphatic heterocycles. The molecule has 0 spiro atoms. The van der Waals surface area contributed by atoms with Crippen LogP contribution in [0.25, 0.3) is 0 Å². The van der Waals surface area contributed by atoms with E-state index in [4.69, 9.17) is 19.1 Å². The largest absolute Gasteiger partial charge is 0.472 e. The minimum absolute atomic E-state index is 0.0946. The van der Waals surface area contributed by atoms with Gasteiger partial charge in [0.2, 0.25) is 0 Å². The van der Waals surface area contributed by atoms with Crippen molar-refractivity contribution in [2.75, 3.05) is 26.4 Å². The first kappa shape index (κ1) is 52.9. The van der Waals surface area contributed by atoms with E-state index in [0.717, 1.165) is 63.7 Å². The Bertz CT molecular complexity index is 1090. The molecule has 0 bridgehead atoms. The van der Waals surface area contributed by atoms with Gasteiger partial charge in [0.15, 0.2) is 6.10 Å². The second-order valence-corrected chi connectivity index (χ2v) is 16.1. The molecule has 320 valence electrons. The fourth-order valence-corrected chi connectivity index (χ4v) is 6.17. The molecule has 12 heteroatoms. The highest BCUT2D eigenvalue weighted by atomic mass is 31.2. The van der Waals surface area contributed by atoms with E-state index in [1.807, 2.05) is 19.1 Å². The Morgan fingerprint density at radius 2 is 1.09 bits per heavy atom. The van der Waals surface area contributed by atoms with Gasteiger partial charge in [0.05, 0.1) is 25.9 Å². The molecule has 0 aliphatic carbocycles. The van der Waals surface area contributed by atoms with Crippen LogP contribution in [-0.4, -0.2) is 76.9 Å². The lowest BCUT2D eigenvalue weighted by Crippen LogP contribution is -2.29. The molecule has 4 N–H and O–H groups in total. The standard InChI is InChI=1S/C43H77O11P/c1-4-39(45)31-27-23-19-15-11-7-5-6-8-12-17-21-25-29-33-43(48)54-41(37-53-55(49,50)52-35-40(46)34-44)36-51-42(47)32-28-24-20-16-13-9-10-14-18-22-26-30-38(2)3/h6-8,11,17,19,21,23,38-41,44-46H,4-5,9-10,12-16,18,20,22,24-37H2,1-3H3,(H,49,50)/b8-6-,11-7-,21-17-,23-19-/t39-,40+,41-/m1/s1. The summed E-state index contributed by atoms with van der Waals surface area (Å²) >= 11 is 0. The number of phosphoric acid groups is 1. The van der Waals surface area contributed by atoms with Crippen LogP contribution in [0.2, 0.25) is 0 Å². The quantitative estimate of drug-likeness (QED) is 0.0203. The van der Waals surface area contributed by atoms with Gasteiger partial charge in [-0.3, -0.25) is 18.6 Å². The molecule has 0 amide bonds. The summed E-state index contributed by atoms with van der Waals surface area (Å²) in [5, 5.41) is 27.9. The van der Waals surface area contributed by atoms with Gasteiger partial charge in [0, 0.05) is 12.8 Å². The number of carbonyl (C=O) groups is 2. The zero-order valence-corrected chi connectivity index (χ0v) is 35.3. The number of aliphatic hydroxyl groups is 3. The van der Waals surface area contributed by atoms with Gasteiger partial charge in [-0.2, -0.15) is 0 Å². The summed E-state index contributed by atoms with van der Waals surface area (Å²) in [6.45, 7) is 4.33. The van der Waals surface area contributed by atoms with Crippen molar-refractivity contribution < 1.29 is 52.9 Å². The van der Waals surface area contributed by atoms with Crippen molar-refractivity contribution in [3.63, 3.8) is 0 Å². The normalized spacial score (nSPS) is 15.1. The summed E-state index contributed by atoms with van der Waals surface area (Å²) in [6, 6.07) is 0. The van der Waals surface area contributed by atoms with Gasteiger partial charge >= 0.3 is 19.8 Å². The molecule has 0 aromatic heterocycles. The maximum absolute atomic E-state index is 12.6. The van der Waals surface area contributed by atoms with Crippen LogP contribution in [0.5, 0.6) is 0 Å². The van der Waals surface area contributed by atoms with Crippen molar-refractivity contribution in [1.29, 1.82) is 0 Å². The van der Waals surface area contributed by atoms with Crippen molar-refractivity contribution in [1.82, 2.24) is 0 Å². The van der Waals surface area contributed by atoms with Crippen LogP contribution in [0.15, 0.2) is 48.6 Å². The van der Waals surface area contributed by atoms with E-state index in [1.54, 1.807) is 0 Å². The van der Waals surface area contributed by atoms with Crippen LogP contribution in [0.1, 0.15) is 162 Å². The van der Waals surface area contributed by atoms with Gasteiger partial charge in [-0.25, -0.2) is 4.57 Å². The first-order chi connectivity index (χ1) is 26.5. The Balaban J connectivity index is 4.43. The molecular formula is C43H77O11P. The van der Waals surface area contributed by atoms with Crippen LogP contribution in [-0.2, 0) is 32.7 Å². The SMILES string of the molecule is CC[C@@H](O)CC/C=C\C/C=C\C/C=C\C/C=C\CCCC(=O)O[C@H](COC(=O)CCCCCCCCCCCCCC(C)C)COP(=O)(O)OC[C@@H](O)CO. The van der Waals surface area contributed by atoms with Crippen LogP contribution in [0.3, 0.4) is 0 Å². The number of esters is 2. The van der Waals surface area contributed by atoms with E-state index >= 15 is 0 Å². The molecule has 0 saturated carbocycles. The van der Waals surface area contributed by atoms with Crippen LogP contribution in [0, 0.1) is 5.92 Å². The maximum Gasteiger partial charge on any atom is 0.472 e. The molecule has 0 heterocycles. The molecule has 55 heavy (non-hydrogen) atoms. The molecule has 1 unspecified atom stereocenters. The lowest BCUT2D eigenvalue weighted by atomic mass is 10.0. The molecule has 11 nitrogen and oxygen atoms in total. The Morgan fingerprint density at radius 1 is 0.600 bits per heavy atom. The average Bonchev–Trinajstić information content (AvgIpc) is 3.16. The number of unbranched alkanes of at least 4 members (excludes halogenated alkanes) is 11. The molecule has 0 aliphatic rings. The van der Waals surface area contributed by atoms with Gasteiger partial charge in [0.25, 0.3) is 0 Å². The monoisotopic (exact) mass is 801 g/mol. The topological polar surface area (TPSA) is 169 Å². The number of aliphatic hydroxyl groups excluding tert-OH is 3. The smallest absolute Gasteiger partial charge is 0.462 e. The first-order valence-electron chi connectivity index (χ1n) is 21.0. The summed E-state index contributed by atoms with van der Waals surface area (Å²) in [4.78, 5) is 34.9. The third-order valence-electron chi connectivity index (χ3n) is 8.83. The highest BCUT2D eigenvalue weighted by Gasteiger charge is 2.27. The summed E-state index contributed by atoms with van der Waals surface area (Å²) in [7, 11) is -4.64. The fourth-order valence-electron chi connectivity index (χ4n) is 5.39. The zero-order chi connectivity index (χ0) is 40.8. The van der Waals surface area contributed by atoms with E-state index in [0.29, 0.717) is 19.3 Å². The van der Waals surface area contributed by atoms with E-state index < -0.39 is 51.8 Å². The highest BCUT2D eigenvalue weighted by molar-refractivity contribution is 7.47. The summed E-state index contributed by atoms with van der Waals surface area (Å²) in [5.41, 5.74) is 0. The maximum atomic E-state index is 12.6. The van der Waals surface area contributed by atoms with Gasteiger partial charge in [-0.1, -0.05) is 140 Å². The predicted molar refractivity (Wildman–Crippen MR) is 220 cm³/mol. The Morgan fingerprint density at radius 3 is 1.64 bits per heavy atom. The average molecular weight is 801 g/mol. The number of rotatable bonds is 38. The molecule has 0 radical (unpaired) electrons. The van der Waals surface area contributed by atoms with Crippen LogP contribution in [0.4, 0.5) is 0 Å². The zero-order valence-electron chi connectivity index (χ0n) is 34.4. The third kappa shape index (κ3) is 38.5. The minimum atomic E-state index is -4.64. The number of carbonyl (C=O) groups excluding carboxylic acids is 2. The number of hydrogen-bond acceptors (Lipinski definition) is 10. The predicted octanol–water partition coefficient (Wildman–Crippen LogP) is 9.77. The molecule has 0 aromatic carbocycles. The lowest BCUT2D eigenvalue weighted by Gasteiger charge is -2.20. The van der Waals surface area contributed by atoms with Crippen LogP contribution >= 0.6 is 7.82 Å². The molecule has 0 aromatic rings. The van der Waals surface area contributed by atoms with Crippen molar-refractivity contribution in [3.8, 4) is 0 Å². The first-order valence-corrected chi connectivity index (χ1v) is 22.5. The van der Waals surface area contributed by atoms with Crippen LogP contribution < -0.4 is 0 Å². The van der Waals surface area contributed by atoms with E-state index in [1.165, 1.54) is 51.4 Å². The molecule has 0 saturated heterocycles. The third-order valence-corrected chi connectivity index (χ3v) is 9.78. The summed E-state index contributed by atoms with van der Waals surface area (Å²) < 4.78 is 32.6. The van der Waals surface area contributed by atoms with Crippen molar-refractivity contribution in [2.24, 2.45) is 5.92 Å². The molecule has 4 atom stereocenters. The Kier molecular flexibility index (Phi) is 36.0. The van der Waals surface area contributed by atoms with Gasteiger partial charge in [-0.15, -0.1) is 0 Å². The summed E-state index contributed by atoms with van der Waals surface area (Å²) in [6.07, 6.45) is 34.6. The van der Waals surface area contributed by atoms with E-state index in [9.17, 15) is 29.3 Å². The summed E-state index contributed by atoms with van der Waals surface area (Å²) in [5.74, 6) is -0.216. The van der Waals surface area contributed by atoms with Gasteiger partial charge in [0.1, 0.15) is 12.7 Å². The number of phosphoric ester groups is 1. The lowest BCUT2D eigenvalue weighted by molar-refractivity contribution is -0.161. The number of ether oxygens (including phenoxy) is 2. The Labute approximate surface area is 333 Å². The number of hydrogen-bond donors (Lipinski definition) is 4. The second-order valence-electron chi connectivity index (χ2n) is 14.6. The van der Waals surface area contributed by atoms with Crippen molar-refractivity contribution in [3.05, 3.63) is 48.6 Å². The Hall–Kier alpha value is -2.11. The van der Waals surface area contributed by atoms with E-state index in [-0.39, 0.29) is 25.6 Å². The molecular weight excluding hydrogens is 723 g/mol.